The Hall–Kier alpha value is -7.88. The fraction of sp³-hybridized carbons (Fsp3) is 0.0345. The van der Waals surface area contributed by atoms with Gasteiger partial charge in [0.05, 0.1) is 28.2 Å². The van der Waals surface area contributed by atoms with Crippen LogP contribution in [0.25, 0.3) is 54.6 Å². The molecule has 2 aliphatic rings. The Kier molecular flexibility index (Phi) is 7.15. The van der Waals surface area contributed by atoms with Gasteiger partial charge in [0.1, 0.15) is 5.58 Å². The van der Waals surface area contributed by atoms with E-state index in [2.05, 4.69) is 229 Å². The van der Waals surface area contributed by atoms with Gasteiger partial charge in [-0.05, 0) is 111 Å². The second kappa shape index (κ2) is 12.8. The van der Waals surface area contributed by atoms with Crippen LogP contribution in [0.15, 0.2) is 217 Å². The minimum atomic E-state index is -0.658. The van der Waals surface area contributed by atoms with Gasteiger partial charge in [0, 0.05) is 27.5 Å². The van der Waals surface area contributed by atoms with E-state index in [-0.39, 0.29) is 0 Å². The molecule has 1 aliphatic heterocycles. The summed E-state index contributed by atoms with van der Waals surface area (Å²) in [5.41, 5.74) is 16.7. The largest absolute Gasteiger partial charge is 0.454 e. The van der Waals surface area contributed by atoms with E-state index in [9.17, 15) is 0 Å². The summed E-state index contributed by atoms with van der Waals surface area (Å²) < 4.78 is 6.86. The van der Waals surface area contributed by atoms with Gasteiger partial charge in [0.25, 0.3) is 0 Å². The number of benzene rings is 10. The third kappa shape index (κ3) is 4.58. The molecule has 2 heterocycles. The van der Waals surface area contributed by atoms with Gasteiger partial charge in [-0.1, -0.05) is 164 Å². The molecule has 0 amide bonds. The minimum Gasteiger partial charge on any atom is -0.454 e. The fourth-order valence-corrected chi connectivity index (χ4v) is 10.9. The molecule has 0 unspecified atom stereocenters. The number of nitrogens with zero attached hydrogens (tertiary/aromatic N) is 2. The number of furan rings is 1. The zero-order chi connectivity index (χ0) is 40.2. The summed E-state index contributed by atoms with van der Waals surface area (Å²) >= 11 is 0. The molecule has 13 rings (SSSR count). The lowest BCUT2D eigenvalue weighted by Crippen LogP contribution is -2.36. The van der Waals surface area contributed by atoms with Crippen molar-refractivity contribution in [3.05, 3.63) is 240 Å². The van der Waals surface area contributed by atoms with E-state index in [0.717, 1.165) is 44.7 Å². The summed E-state index contributed by atoms with van der Waals surface area (Å²) in [6.45, 7) is 2.21. The number of aryl methyl sites for hydroxylation is 1. The van der Waals surface area contributed by atoms with Gasteiger partial charge in [-0.2, -0.15) is 0 Å². The first-order chi connectivity index (χ1) is 30.2. The van der Waals surface area contributed by atoms with Crippen LogP contribution >= 0.6 is 0 Å². The molecule has 1 aromatic heterocycles. The summed E-state index contributed by atoms with van der Waals surface area (Å²) in [5, 5.41) is 7.11. The van der Waals surface area contributed by atoms with Crippen LogP contribution in [0.3, 0.4) is 0 Å². The highest BCUT2D eigenvalue weighted by atomic mass is 16.3. The molecular formula is C58H38N2O. The van der Waals surface area contributed by atoms with Crippen molar-refractivity contribution in [1.82, 2.24) is 0 Å². The molecule has 286 valence electrons. The SMILES string of the molecule is Cc1ccccc1N(c1cc2c(c3ccccc13)-c1c(ccc3ccccc13)C21c2ccccc2N(c2ccccc2)c2ccccc21)c1cccc2c1oc1ccccc12. The van der Waals surface area contributed by atoms with E-state index in [1.54, 1.807) is 0 Å². The summed E-state index contributed by atoms with van der Waals surface area (Å²) in [6.07, 6.45) is 0. The first kappa shape index (κ1) is 34.0. The van der Waals surface area contributed by atoms with E-state index in [1.807, 2.05) is 0 Å². The van der Waals surface area contributed by atoms with Crippen LogP contribution in [-0.2, 0) is 5.41 Å². The van der Waals surface area contributed by atoms with Gasteiger partial charge in [-0.3, -0.25) is 0 Å². The molecule has 0 bridgehead atoms. The molecular weight excluding hydrogens is 741 g/mol. The molecule has 0 saturated heterocycles. The average molecular weight is 779 g/mol. The van der Waals surface area contributed by atoms with Crippen molar-refractivity contribution in [3.63, 3.8) is 0 Å². The summed E-state index contributed by atoms with van der Waals surface area (Å²) in [7, 11) is 0. The van der Waals surface area contributed by atoms with Gasteiger partial charge < -0.3 is 14.2 Å². The molecule has 0 N–H and O–H groups in total. The third-order valence-corrected chi connectivity index (χ3v) is 13.3. The Bertz CT molecular complexity index is 3530. The van der Waals surface area contributed by atoms with Crippen LogP contribution in [0.5, 0.6) is 0 Å². The van der Waals surface area contributed by atoms with E-state index in [4.69, 9.17) is 4.42 Å². The van der Waals surface area contributed by atoms with Gasteiger partial charge >= 0.3 is 0 Å². The highest BCUT2D eigenvalue weighted by molar-refractivity contribution is 6.18. The Morgan fingerprint density at radius 1 is 0.410 bits per heavy atom. The maximum Gasteiger partial charge on any atom is 0.159 e. The van der Waals surface area contributed by atoms with Crippen molar-refractivity contribution in [3.8, 4) is 11.1 Å². The lowest BCUT2D eigenvalue weighted by molar-refractivity contribution is 0.669. The molecule has 0 radical (unpaired) electrons. The van der Waals surface area contributed by atoms with Crippen LogP contribution < -0.4 is 9.80 Å². The number of para-hydroxylation sites is 6. The summed E-state index contributed by atoms with van der Waals surface area (Å²) in [4.78, 5) is 4.92. The van der Waals surface area contributed by atoms with Crippen molar-refractivity contribution in [2.75, 3.05) is 9.80 Å². The molecule has 61 heavy (non-hydrogen) atoms. The maximum atomic E-state index is 6.86. The molecule has 11 aromatic rings. The van der Waals surface area contributed by atoms with Crippen molar-refractivity contribution in [2.24, 2.45) is 0 Å². The monoisotopic (exact) mass is 778 g/mol. The van der Waals surface area contributed by atoms with Crippen LogP contribution in [0.4, 0.5) is 34.1 Å². The molecule has 0 fully saturated rings. The van der Waals surface area contributed by atoms with Crippen LogP contribution in [0.2, 0.25) is 0 Å². The number of fused-ring (bicyclic) bond motifs is 16. The maximum absolute atomic E-state index is 6.86. The summed E-state index contributed by atoms with van der Waals surface area (Å²) in [6, 6.07) is 78.0. The van der Waals surface area contributed by atoms with Crippen molar-refractivity contribution >= 4 is 77.6 Å². The predicted octanol–water partition coefficient (Wildman–Crippen LogP) is 15.8. The smallest absolute Gasteiger partial charge is 0.159 e. The topological polar surface area (TPSA) is 19.6 Å². The number of rotatable bonds is 4. The minimum absolute atomic E-state index is 0.658. The van der Waals surface area contributed by atoms with E-state index in [1.165, 1.54) is 71.9 Å². The van der Waals surface area contributed by atoms with E-state index in [0.29, 0.717) is 0 Å². The molecule has 1 aliphatic carbocycles. The Morgan fingerprint density at radius 2 is 1.00 bits per heavy atom. The van der Waals surface area contributed by atoms with Gasteiger partial charge in [0.15, 0.2) is 5.58 Å². The Morgan fingerprint density at radius 3 is 1.79 bits per heavy atom. The van der Waals surface area contributed by atoms with Gasteiger partial charge in [-0.25, -0.2) is 0 Å². The second-order valence-electron chi connectivity index (χ2n) is 16.4. The first-order valence-electron chi connectivity index (χ1n) is 21.1. The summed E-state index contributed by atoms with van der Waals surface area (Å²) in [5.74, 6) is 0. The highest BCUT2D eigenvalue weighted by Gasteiger charge is 2.53. The second-order valence-corrected chi connectivity index (χ2v) is 16.4. The lowest BCUT2D eigenvalue weighted by Gasteiger charge is -2.45. The van der Waals surface area contributed by atoms with Crippen LogP contribution in [0.1, 0.15) is 27.8 Å². The zero-order valence-electron chi connectivity index (χ0n) is 33.5. The molecule has 1 spiro atoms. The quantitative estimate of drug-likeness (QED) is 0.177. The third-order valence-electron chi connectivity index (χ3n) is 13.3. The van der Waals surface area contributed by atoms with Crippen molar-refractivity contribution in [1.29, 1.82) is 0 Å². The molecule has 0 atom stereocenters. The number of hydrogen-bond acceptors (Lipinski definition) is 3. The average Bonchev–Trinajstić information content (AvgIpc) is 3.85. The molecule has 3 nitrogen and oxygen atoms in total. The first-order valence-corrected chi connectivity index (χ1v) is 21.1. The Balaban J connectivity index is 1.22. The normalized spacial score (nSPS) is 13.4. The van der Waals surface area contributed by atoms with Crippen LogP contribution in [0, 0.1) is 6.92 Å². The number of anilines is 6. The predicted molar refractivity (Wildman–Crippen MR) is 254 cm³/mol. The number of hydrogen-bond donors (Lipinski definition) is 0. The van der Waals surface area contributed by atoms with E-state index >= 15 is 0 Å². The zero-order valence-corrected chi connectivity index (χ0v) is 33.5. The molecule has 3 heteroatoms. The Labute approximate surface area is 354 Å². The van der Waals surface area contributed by atoms with Crippen LogP contribution in [-0.4, -0.2) is 0 Å². The molecule has 0 saturated carbocycles. The van der Waals surface area contributed by atoms with Gasteiger partial charge in [-0.15, -0.1) is 0 Å². The highest BCUT2D eigenvalue weighted by Crippen LogP contribution is 2.66. The van der Waals surface area contributed by atoms with E-state index < -0.39 is 5.41 Å². The fourth-order valence-electron chi connectivity index (χ4n) is 10.9. The van der Waals surface area contributed by atoms with Gasteiger partial charge in [0.2, 0.25) is 0 Å². The standard InChI is InChI=1S/C58H38N2O/c1-37-18-5-13-29-49(37)60(52-32-17-26-44-42-24-10-16-33-54(42)61-57(44)52)53-36-48-56(43-25-9-8-23-41(43)53)55-40-22-7-6-19-38(40)34-35-47(55)58(48)45-27-11-14-30-50(45)59(39-20-3-2-4-21-39)51-31-15-12-28-46(51)58/h2-36H,1H3. The lowest BCUT2D eigenvalue weighted by atomic mass is 9.64. The van der Waals surface area contributed by atoms with Crippen molar-refractivity contribution < 1.29 is 4.42 Å². The van der Waals surface area contributed by atoms with Crippen molar-refractivity contribution in [2.45, 2.75) is 12.3 Å². The molecule has 10 aromatic carbocycles.